The number of carbonyl (C=O) groups is 3. The van der Waals surface area contributed by atoms with Crippen molar-refractivity contribution < 1.29 is 23.9 Å². The number of rotatable bonds is 5. The molecule has 146 valence electrons. The van der Waals surface area contributed by atoms with Crippen molar-refractivity contribution in [1.29, 1.82) is 0 Å². The van der Waals surface area contributed by atoms with Crippen molar-refractivity contribution in [3.63, 3.8) is 0 Å². The Kier molecular flexibility index (Phi) is 6.33. The third-order valence-electron chi connectivity index (χ3n) is 4.26. The molecule has 1 saturated heterocycles. The third-order valence-corrected chi connectivity index (χ3v) is 4.26. The van der Waals surface area contributed by atoms with Gasteiger partial charge in [-0.25, -0.2) is 14.3 Å². The maximum absolute atomic E-state index is 12.8. The molecule has 0 radical (unpaired) electrons. The summed E-state index contributed by atoms with van der Waals surface area (Å²) in [6.45, 7) is 3.60. The minimum atomic E-state index is -0.579. The number of nitrogens with zero attached hydrogens (tertiary/aromatic N) is 3. The van der Waals surface area contributed by atoms with Crippen LogP contribution < -0.4 is 4.74 Å². The smallest absolute Gasteiger partial charge is 0.410 e. The Morgan fingerprint density at radius 1 is 1.18 bits per heavy atom. The first-order chi connectivity index (χ1) is 13.6. The molecule has 0 bridgehead atoms. The first-order valence-corrected chi connectivity index (χ1v) is 9.00. The van der Waals surface area contributed by atoms with Crippen LogP contribution in [0.25, 0.3) is 6.08 Å². The van der Waals surface area contributed by atoms with E-state index in [-0.39, 0.29) is 23.7 Å². The lowest BCUT2D eigenvalue weighted by Crippen LogP contribution is -2.42. The van der Waals surface area contributed by atoms with E-state index in [2.05, 4.69) is 4.98 Å². The van der Waals surface area contributed by atoms with Crippen molar-refractivity contribution in [3.8, 4) is 5.75 Å². The molecular formula is C20H21N3O5. The number of ketones is 1. The van der Waals surface area contributed by atoms with Crippen LogP contribution in [0.3, 0.4) is 0 Å². The van der Waals surface area contributed by atoms with Crippen LogP contribution in [0.15, 0.2) is 48.6 Å². The molecule has 0 unspecified atom stereocenters. The third kappa shape index (κ3) is 4.72. The van der Waals surface area contributed by atoms with Gasteiger partial charge in [0.1, 0.15) is 12.1 Å². The number of hydrogen-bond donors (Lipinski definition) is 0. The molecule has 2 aromatic rings. The second kappa shape index (κ2) is 9.09. The summed E-state index contributed by atoms with van der Waals surface area (Å²) in [5.74, 6) is -0.156. The molecule has 0 saturated carbocycles. The molecule has 2 heterocycles. The van der Waals surface area contributed by atoms with Crippen molar-refractivity contribution >= 4 is 23.9 Å². The monoisotopic (exact) mass is 383 g/mol. The molecule has 1 amide bonds. The Morgan fingerprint density at radius 2 is 1.89 bits per heavy atom. The van der Waals surface area contributed by atoms with Gasteiger partial charge in [0.25, 0.3) is 5.91 Å². The number of aromatic nitrogens is 2. The Bertz CT molecular complexity index is 866. The number of benzene rings is 1. The number of carbonyl (C=O) groups excluding carboxylic acids is 3. The van der Waals surface area contributed by atoms with Gasteiger partial charge in [0, 0.05) is 31.9 Å². The van der Waals surface area contributed by atoms with Crippen LogP contribution in [0.2, 0.25) is 0 Å². The van der Waals surface area contributed by atoms with Gasteiger partial charge in [0.15, 0.2) is 5.78 Å². The van der Waals surface area contributed by atoms with E-state index in [1.54, 1.807) is 42.2 Å². The van der Waals surface area contributed by atoms with Crippen LogP contribution in [-0.4, -0.2) is 58.5 Å². The zero-order valence-electron chi connectivity index (χ0n) is 15.5. The van der Waals surface area contributed by atoms with Crippen molar-refractivity contribution in [2.75, 3.05) is 26.3 Å². The van der Waals surface area contributed by atoms with Gasteiger partial charge >= 0.3 is 6.09 Å². The summed E-state index contributed by atoms with van der Waals surface area (Å²) in [5, 5.41) is 0. The van der Waals surface area contributed by atoms with Gasteiger partial charge in [-0.05, 0) is 23.8 Å². The Hall–Kier alpha value is -3.26. The van der Waals surface area contributed by atoms with E-state index in [0.717, 1.165) is 0 Å². The zero-order chi connectivity index (χ0) is 19.9. The highest BCUT2D eigenvalue weighted by Gasteiger charge is 2.24. The Balaban J connectivity index is 1.75. The van der Waals surface area contributed by atoms with E-state index < -0.39 is 6.09 Å². The van der Waals surface area contributed by atoms with Gasteiger partial charge in [0.2, 0.25) is 0 Å². The second-order valence-electron chi connectivity index (χ2n) is 6.15. The lowest BCUT2D eigenvalue weighted by Gasteiger charge is -2.27. The molecule has 0 N–H and O–H groups in total. The van der Waals surface area contributed by atoms with Crippen LogP contribution in [0.4, 0.5) is 4.79 Å². The predicted octanol–water partition coefficient (Wildman–Crippen LogP) is 2.15. The second-order valence-corrected chi connectivity index (χ2v) is 6.15. The summed E-state index contributed by atoms with van der Waals surface area (Å²) in [6.07, 6.45) is 5.55. The lowest BCUT2D eigenvalue weighted by molar-refractivity contribution is -0.133. The van der Waals surface area contributed by atoms with Gasteiger partial charge in [-0.1, -0.05) is 19.1 Å². The maximum atomic E-state index is 12.8. The minimum absolute atomic E-state index is 0.146. The van der Waals surface area contributed by atoms with Crippen molar-refractivity contribution in [1.82, 2.24) is 14.5 Å². The van der Waals surface area contributed by atoms with Gasteiger partial charge in [-0.2, -0.15) is 0 Å². The highest BCUT2D eigenvalue weighted by molar-refractivity contribution is 6.22. The topological polar surface area (TPSA) is 90.7 Å². The molecule has 28 heavy (non-hydrogen) atoms. The summed E-state index contributed by atoms with van der Waals surface area (Å²) in [7, 11) is 0. The quantitative estimate of drug-likeness (QED) is 0.446. The van der Waals surface area contributed by atoms with Gasteiger partial charge in [0.05, 0.1) is 18.8 Å². The van der Waals surface area contributed by atoms with E-state index in [9.17, 15) is 14.4 Å². The number of ether oxygens (including phenoxy) is 2. The average molecular weight is 383 g/mol. The van der Waals surface area contributed by atoms with Crippen LogP contribution in [0.5, 0.6) is 5.75 Å². The Morgan fingerprint density at radius 3 is 2.50 bits per heavy atom. The fourth-order valence-corrected chi connectivity index (χ4v) is 2.71. The largest absolute Gasteiger partial charge is 0.424 e. The molecule has 0 aliphatic carbocycles. The molecule has 0 atom stereocenters. The average Bonchev–Trinajstić information content (AvgIpc) is 3.28. The highest BCUT2D eigenvalue weighted by Crippen LogP contribution is 2.18. The lowest BCUT2D eigenvalue weighted by atomic mass is 10.0. The first kappa shape index (κ1) is 19.5. The number of imidazole rings is 1. The molecule has 1 aromatic heterocycles. The standard InChI is InChI=1S/C20H21N3O5/c1-2-18(24)17(19(25)22-9-11-27-12-10-22)13-15-3-5-16(6-4-15)28-20(26)23-8-7-21-14-23/h3-8,13-14H,2,9-12H2,1H3/b17-13+. The molecule has 3 rings (SSSR count). The molecule has 1 aliphatic rings. The molecule has 1 fully saturated rings. The van der Waals surface area contributed by atoms with E-state index in [1.807, 2.05) is 0 Å². The molecule has 8 nitrogen and oxygen atoms in total. The summed E-state index contributed by atoms with van der Waals surface area (Å²) in [6, 6.07) is 6.58. The number of hydrogen-bond acceptors (Lipinski definition) is 6. The van der Waals surface area contributed by atoms with Crippen LogP contribution in [0.1, 0.15) is 18.9 Å². The van der Waals surface area contributed by atoms with E-state index in [4.69, 9.17) is 9.47 Å². The number of amides is 1. The van der Waals surface area contributed by atoms with Gasteiger partial charge < -0.3 is 14.4 Å². The van der Waals surface area contributed by atoms with Crippen LogP contribution in [0, 0.1) is 0 Å². The van der Waals surface area contributed by atoms with Crippen LogP contribution >= 0.6 is 0 Å². The predicted molar refractivity (Wildman–Crippen MR) is 101 cm³/mol. The molecule has 1 aliphatic heterocycles. The molecule has 0 spiro atoms. The van der Waals surface area contributed by atoms with E-state index in [0.29, 0.717) is 37.6 Å². The van der Waals surface area contributed by atoms with E-state index >= 15 is 0 Å². The zero-order valence-corrected chi connectivity index (χ0v) is 15.5. The number of Topliss-reactive ketones (excluding diaryl/α,β-unsaturated/α-hetero) is 1. The minimum Gasteiger partial charge on any atom is -0.410 e. The summed E-state index contributed by atoms with van der Waals surface area (Å²) in [5.41, 5.74) is 0.813. The fraction of sp³-hybridized carbons (Fsp3) is 0.300. The summed E-state index contributed by atoms with van der Waals surface area (Å²) in [4.78, 5) is 42.4. The van der Waals surface area contributed by atoms with Crippen molar-refractivity contribution in [2.24, 2.45) is 0 Å². The highest BCUT2D eigenvalue weighted by atomic mass is 16.6. The normalized spacial score (nSPS) is 14.6. The molecule has 8 heteroatoms. The maximum Gasteiger partial charge on any atom is 0.424 e. The van der Waals surface area contributed by atoms with Gasteiger partial charge in [-0.15, -0.1) is 0 Å². The van der Waals surface area contributed by atoms with Crippen molar-refractivity contribution in [2.45, 2.75) is 13.3 Å². The summed E-state index contributed by atoms with van der Waals surface area (Å²) < 4.78 is 11.7. The van der Waals surface area contributed by atoms with Crippen molar-refractivity contribution in [3.05, 3.63) is 54.1 Å². The molecular weight excluding hydrogens is 362 g/mol. The SMILES string of the molecule is CCC(=O)/C(=C\c1ccc(OC(=O)n2ccnc2)cc1)C(=O)N1CCOCC1. The summed E-state index contributed by atoms with van der Waals surface area (Å²) >= 11 is 0. The number of morpholine rings is 1. The first-order valence-electron chi connectivity index (χ1n) is 9.00. The fourth-order valence-electron chi connectivity index (χ4n) is 2.71. The molecule has 1 aromatic carbocycles. The van der Waals surface area contributed by atoms with Gasteiger partial charge in [-0.3, -0.25) is 9.59 Å². The Labute approximate surface area is 162 Å². The van der Waals surface area contributed by atoms with E-state index in [1.165, 1.54) is 23.3 Å². The van der Waals surface area contributed by atoms with Crippen LogP contribution in [-0.2, 0) is 14.3 Å².